The summed E-state index contributed by atoms with van der Waals surface area (Å²) in [5.41, 5.74) is 0. The summed E-state index contributed by atoms with van der Waals surface area (Å²) in [6.45, 7) is 8.25. The molecule has 2 nitrogen and oxygen atoms in total. The minimum absolute atomic E-state index is 0.303. The normalized spacial score (nSPS) is 8.80. The first-order valence-corrected chi connectivity index (χ1v) is 9.24. The first kappa shape index (κ1) is 18.8. The van der Waals surface area contributed by atoms with E-state index in [2.05, 4.69) is 13.8 Å². The first-order chi connectivity index (χ1) is 9.65. The van der Waals surface area contributed by atoms with Crippen LogP contribution in [0.15, 0.2) is 48.5 Å². The molecule has 0 unspecified atom stereocenters. The van der Waals surface area contributed by atoms with E-state index in [4.69, 9.17) is 10.2 Å². The van der Waals surface area contributed by atoms with E-state index in [1.165, 1.54) is 13.6 Å². The fourth-order valence-electron chi connectivity index (χ4n) is 1.16. The van der Waals surface area contributed by atoms with Crippen LogP contribution in [0.25, 0.3) is 0 Å². The van der Waals surface area contributed by atoms with Gasteiger partial charge in [0, 0.05) is 0 Å². The molecule has 110 valence electrons. The zero-order valence-electron chi connectivity index (χ0n) is 12.6. The van der Waals surface area contributed by atoms with Crippen molar-refractivity contribution in [3.63, 3.8) is 0 Å². The van der Waals surface area contributed by atoms with Gasteiger partial charge in [0.05, 0.1) is 0 Å². The van der Waals surface area contributed by atoms with Gasteiger partial charge in [-0.1, -0.05) is 34.1 Å². The van der Waals surface area contributed by atoms with Crippen LogP contribution in [0.5, 0.6) is 11.5 Å². The van der Waals surface area contributed by atoms with Gasteiger partial charge in [-0.15, -0.1) is 0 Å². The third-order valence-electron chi connectivity index (χ3n) is 1.91. The second-order valence-corrected chi connectivity index (χ2v) is 7.07. The summed E-state index contributed by atoms with van der Waals surface area (Å²) < 4.78 is 2.53. The zero-order chi connectivity index (χ0) is 15.4. The summed E-state index contributed by atoms with van der Waals surface area (Å²) in [5.74, 6) is 0.605. The molecule has 0 aliphatic heterocycles. The summed E-state index contributed by atoms with van der Waals surface area (Å²) in [4.78, 5) is 0. The van der Waals surface area contributed by atoms with Gasteiger partial charge >= 0.3 is 98.4 Å². The Morgan fingerprint density at radius 2 is 0.950 bits per heavy atom. The zero-order valence-corrected chi connectivity index (χ0v) is 15.0. The Bertz CT molecular complexity index is 406. The van der Waals surface area contributed by atoms with Gasteiger partial charge in [0.15, 0.2) is 0 Å². The summed E-state index contributed by atoms with van der Waals surface area (Å²) >= 11 is -0.405. The van der Waals surface area contributed by atoms with Crippen LogP contribution in [-0.2, 0) is 0 Å². The predicted octanol–water partition coefficient (Wildman–Crippen LogP) is 3.20. The number of hydrogen-bond acceptors (Lipinski definition) is 2. The van der Waals surface area contributed by atoms with Gasteiger partial charge < -0.3 is 0 Å². The third-order valence-corrected chi connectivity index (χ3v) is 4.81. The van der Waals surface area contributed by atoms with E-state index in [-0.39, 0.29) is 0 Å². The summed E-state index contributed by atoms with van der Waals surface area (Å²) in [7, 11) is 0. The fraction of sp³-hybridized carbons (Fsp3) is 0.294. The van der Waals surface area contributed by atoms with Crippen molar-refractivity contribution < 1.29 is 10.2 Å². The third kappa shape index (κ3) is 8.09. The Labute approximate surface area is 132 Å². The van der Waals surface area contributed by atoms with E-state index < -0.39 is 20.9 Å². The Hall–Kier alpha value is -1.17. The first-order valence-electron chi connectivity index (χ1n) is 6.91. The molecule has 0 aromatic heterocycles. The van der Waals surface area contributed by atoms with E-state index >= 15 is 0 Å². The molecule has 2 rings (SSSR count). The van der Waals surface area contributed by atoms with Crippen LogP contribution in [0.4, 0.5) is 0 Å². The maximum atomic E-state index is 9.14. The van der Waals surface area contributed by atoms with Gasteiger partial charge in [-0.2, -0.15) is 0 Å². The maximum absolute atomic E-state index is 9.14. The molecule has 20 heavy (non-hydrogen) atoms. The second kappa shape index (κ2) is 11.6. The van der Waals surface area contributed by atoms with Crippen LogP contribution in [0.1, 0.15) is 34.1 Å². The van der Waals surface area contributed by atoms with Gasteiger partial charge in [-0.05, 0) is 0 Å². The molecular weight excluding hydrogens is 364 g/mol. The van der Waals surface area contributed by atoms with E-state index in [1.54, 1.807) is 24.3 Å². The quantitative estimate of drug-likeness (QED) is 0.777. The van der Waals surface area contributed by atoms with Gasteiger partial charge in [0.2, 0.25) is 0 Å². The average Bonchev–Trinajstić information content (AvgIpc) is 2.47. The van der Waals surface area contributed by atoms with Crippen molar-refractivity contribution in [1.82, 2.24) is 0 Å². The summed E-state index contributed by atoms with van der Waals surface area (Å²) in [6.07, 6.45) is 1.25. The van der Waals surface area contributed by atoms with Crippen molar-refractivity contribution in [1.29, 1.82) is 0 Å². The summed E-state index contributed by atoms with van der Waals surface area (Å²) in [5, 5.41) is 18.3. The number of aromatic hydroxyl groups is 2. The van der Waals surface area contributed by atoms with Crippen molar-refractivity contribution in [3.8, 4) is 11.5 Å². The molecule has 0 aliphatic rings. The average molecular weight is 388 g/mol. The van der Waals surface area contributed by atoms with Crippen molar-refractivity contribution in [2.75, 3.05) is 0 Å². The van der Waals surface area contributed by atoms with Crippen molar-refractivity contribution in [2.45, 2.75) is 34.1 Å². The molecule has 0 saturated heterocycles. The van der Waals surface area contributed by atoms with Crippen LogP contribution in [0.2, 0.25) is 0 Å². The Balaban J connectivity index is 0.000000641. The number of phenols is 2. The number of rotatable bonds is 2. The predicted molar refractivity (Wildman–Crippen MR) is 88.5 cm³/mol. The van der Waals surface area contributed by atoms with Crippen LogP contribution >= 0.6 is 0 Å². The van der Waals surface area contributed by atoms with E-state index in [9.17, 15) is 0 Å². The van der Waals surface area contributed by atoms with Crippen LogP contribution in [-0.4, -0.2) is 31.1 Å². The molecule has 0 aliphatic carbocycles. The Morgan fingerprint density at radius 1 is 0.700 bits per heavy atom. The monoisotopic (exact) mass is 390 g/mol. The van der Waals surface area contributed by atoms with Gasteiger partial charge in [0.25, 0.3) is 0 Å². The fourth-order valence-corrected chi connectivity index (χ4v) is 3.49. The molecule has 0 saturated carbocycles. The number of hydrogen-bond donors (Lipinski definition) is 2. The molecule has 0 spiro atoms. The molecule has 3 heteroatoms. The molecule has 0 radical (unpaired) electrons. The molecule has 0 amide bonds. The molecule has 2 aromatic rings. The van der Waals surface area contributed by atoms with E-state index in [0.29, 0.717) is 11.5 Å². The van der Waals surface area contributed by atoms with Gasteiger partial charge in [0.1, 0.15) is 0 Å². The number of benzene rings is 2. The SMILES string of the molecule is CC.CCC.Oc1ccc([Te]c2ccc(O)cc2)cc1. The number of phenolic OH excluding ortho intramolecular Hbond substituents is 2. The van der Waals surface area contributed by atoms with Crippen molar-refractivity contribution in [2.24, 2.45) is 0 Å². The van der Waals surface area contributed by atoms with E-state index in [0.717, 1.165) is 0 Å². The topological polar surface area (TPSA) is 40.5 Å². The second-order valence-electron chi connectivity index (χ2n) is 3.80. The molecular formula is C17H24O2Te. The Kier molecular flexibility index (Phi) is 11.0. The molecule has 2 N–H and O–H groups in total. The van der Waals surface area contributed by atoms with Crippen LogP contribution in [0.3, 0.4) is 0 Å². The van der Waals surface area contributed by atoms with Crippen molar-refractivity contribution in [3.05, 3.63) is 48.5 Å². The minimum atomic E-state index is -0.405. The molecule has 0 bridgehead atoms. The molecule has 0 atom stereocenters. The standard InChI is InChI=1S/C12H10O2Te.C3H8.C2H6/c13-9-1-5-11(6-2-9)15-12-7-3-10(14)4-8-12;1-3-2;1-2/h1-8,13-14H;3H2,1-2H3;1-2H3. The Morgan fingerprint density at radius 3 is 1.20 bits per heavy atom. The van der Waals surface area contributed by atoms with E-state index in [1.807, 2.05) is 38.1 Å². The summed E-state index contributed by atoms with van der Waals surface area (Å²) in [6, 6.07) is 14.6. The van der Waals surface area contributed by atoms with Gasteiger partial charge in [-0.25, -0.2) is 0 Å². The van der Waals surface area contributed by atoms with Crippen LogP contribution < -0.4 is 7.22 Å². The van der Waals surface area contributed by atoms with Gasteiger partial charge in [-0.3, -0.25) is 0 Å². The molecule has 0 heterocycles. The molecule has 2 aromatic carbocycles. The molecule has 0 fully saturated rings. The van der Waals surface area contributed by atoms with Crippen molar-refractivity contribution >= 4 is 28.1 Å². The van der Waals surface area contributed by atoms with Crippen LogP contribution in [0, 0.1) is 0 Å².